The zero-order valence-electron chi connectivity index (χ0n) is 8.14. The van der Waals surface area contributed by atoms with Gasteiger partial charge in [0.1, 0.15) is 7.85 Å². The van der Waals surface area contributed by atoms with E-state index in [0.717, 1.165) is 18.3 Å². The quantitative estimate of drug-likeness (QED) is 0.413. The van der Waals surface area contributed by atoms with Gasteiger partial charge in [-0.1, -0.05) is 18.5 Å². The van der Waals surface area contributed by atoms with E-state index < -0.39 is 0 Å². The fourth-order valence-corrected chi connectivity index (χ4v) is 1.09. The van der Waals surface area contributed by atoms with Crippen LogP contribution in [-0.4, -0.2) is 12.8 Å². The lowest BCUT2D eigenvalue weighted by Gasteiger charge is -1.93. The molecule has 4 heteroatoms. The third kappa shape index (κ3) is 3.05. The molecule has 0 fully saturated rings. The highest BCUT2D eigenvalue weighted by Gasteiger charge is 2.01. The van der Waals surface area contributed by atoms with Gasteiger partial charge >= 0.3 is 0 Å². The summed E-state index contributed by atoms with van der Waals surface area (Å²) in [6.45, 7) is 0. The molecule has 0 N–H and O–H groups in total. The van der Waals surface area contributed by atoms with Crippen LogP contribution in [0.15, 0.2) is 30.3 Å². The van der Waals surface area contributed by atoms with Crippen LogP contribution in [0.1, 0.15) is 12.0 Å². The lowest BCUT2D eigenvalue weighted by molar-refractivity contribution is -0.384. The van der Waals surface area contributed by atoms with Crippen LogP contribution in [0.5, 0.6) is 0 Å². The van der Waals surface area contributed by atoms with Crippen LogP contribution < -0.4 is 0 Å². The van der Waals surface area contributed by atoms with Gasteiger partial charge in [-0.15, -0.1) is 0 Å². The van der Waals surface area contributed by atoms with E-state index in [1.54, 1.807) is 12.1 Å². The molecule has 0 aliphatic carbocycles. The normalized spacial score (nSPS) is 10.6. The molecule has 0 unspecified atom stereocenters. The Morgan fingerprint density at radius 1 is 1.36 bits per heavy atom. The highest BCUT2D eigenvalue weighted by atomic mass is 16.6. The Balaban J connectivity index is 2.68. The number of nitro benzene ring substituents is 1. The molecule has 0 bridgehead atoms. The van der Waals surface area contributed by atoms with E-state index in [2.05, 4.69) is 13.9 Å². The number of non-ortho nitro benzene ring substituents is 1. The summed E-state index contributed by atoms with van der Waals surface area (Å²) in [5.41, 5.74) is 1.14. The summed E-state index contributed by atoms with van der Waals surface area (Å²) in [6.07, 6.45) is 6.20. The summed E-state index contributed by atoms with van der Waals surface area (Å²) in [6, 6.07) is 6.55. The molecule has 1 aromatic carbocycles. The summed E-state index contributed by atoms with van der Waals surface area (Å²) in [7, 11) is 2.11. The number of nitro groups is 1. The zero-order valence-corrected chi connectivity index (χ0v) is 8.14. The Morgan fingerprint density at radius 3 is 2.50 bits per heavy atom. The molecule has 3 nitrogen and oxygen atoms in total. The molecule has 0 heterocycles. The molecule has 0 aliphatic rings. The maximum absolute atomic E-state index is 10.4. The number of rotatable bonds is 4. The first-order valence-corrected chi connectivity index (χ1v) is 4.65. The third-order valence-corrected chi connectivity index (χ3v) is 1.87. The van der Waals surface area contributed by atoms with Crippen molar-refractivity contribution < 1.29 is 4.92 Å². The van der Waals surface area contributed by atoms with Crippen molar-refractivity contribution in [3.05, 3.63) is 46.0 Å². The highest BCUT2D eigenvalue weighted by Crippen LogP contribution is 2.12. The predicted molar refractivity (Wildman–Crippen MR) is 60.1 cm³/mol. The molecule has 0 saturated carbocycles. The van der Waals surface area contributed by atoms with E-state index in [4.69, 9.17) is 0 Å². The van der Waals surface area contributed by atoms with Crippen LogP contribution >= 0.6 is 0 Å². The molecule has 72 valence electrons. The maximum Gasteiger partial charge on any atom is 0.269 e. The molecule has 14 heavy (non-hydrogen) atoms. The smallest absolute Gasteiger partial charge is 0.258 e. The van der Waals surface area contributed by atoms with Crippen LogP contribution in [0, 0.1) is 10.1 Å². The minimum absolute atomic E-state index is 0.137. The molecular formula is C10H12BNO2. The second-order valence-corrected chi connectivity index (χ2v) is 3.04. The van der Waals surface area contributed by atoms with Gasteiger partial charge < -0.3 is 0 Å². The van der Waals surface area contributed by atoms with Crippen LogP contribution in [0.3, 0.4) is 0 Å². The number of allylic oxidation sites excluding steroid dienone is 1. The molecule has 0 amide bonds. The number of nitrogens with zero attached hydrogens (tertiary/aromatic N) is 1. The Labute approximate surface area is 84.0 Å². The molecule has 1 aromatic rings. The maximum atomic E-state index is 10.4. The largest absolute Gasteiger partial charge is 0.269 e. The molecule has 0 saturated heterocycles. The molecule has 0 aliphatic heterocycles. The molecule has 1 rings (SSSR count). The van der Waals surface area contributed by atoms with Crippen LogP contribution in [0.2, 0.25) is 6.32 Å². The predicted octanol–water partition coefficient (Wildman–Crippen LogP) is 2.05. The topological polar surface area (TPSA) is 43.1 Å². The van der Waals surface area contributed by atoms with Gasteiger partial charge in [0.05, 0.1) is 4.92 Å². The summed E-state index contributed by atoms with van der Waals surface area (Å²) in [4.78, 5) is 9.97. The summed E-state index contributed by atoms with van der Waals surface area (Å²) in [5.74, 6) is 0. The Kier molecular flexibility index (Phi) is 3.92. The van der Waals surface area contributed by atoms with E-state index in [0.29, 0.717) is 0 Å². The minimum Gasteiger partial charge on any atom is -0.258 e. The first-order valence-electron chi connectivity index (χ1n) is 4.65. The van der Waals surface area contributed by atoms with Gasteiger partial charge in [-0.2, -0.15) is 0 Å². The first kappa shape index (κ1) is 10.5. The molecule has 0 radical (unpaired) electrons. The van der Waals surface area contributed by atoms with Crippen molar-refractivity contribution in [3.63, 3.8) is 0 Å². The van der Waals surface area contributed by atoms with E-state index in [-0.39, 0.29) is 10.6 Å². The van der Waals surface area contributed by atoms with Crippen molar-refractivity contribution in [2.45, 2.75) is 12.7 Å². The van der Waals surface area contributed by atoms with Crippen molar-refractivity contribution in [2.24, 2.45) is 0 Å². The number of hydrogen-bond acceptors (Lipinski definition) is 2. The van der Waals surface area contributed by atoms with Gasteiger partial charge in [-0.3, -0.25) is 10.1 Å². The van der Waals surface area contributed by atoms with Crippen LogP contribution in [0.4, 0.5) is 5.69 Å². The Bertz CT molecular complexity index is 332. The number of hydrogen-bond donors (Lipinski definition) is 0. The van der Waals surface area contributed by atoms with Crippen molar-refractivity contribution >= 4 is 19.6 Å². The highest BCUT2D eigenvalue weighted by molar-refractivity contribution is 6.08. The van der Waals surface area contributed by atoms with Crippen molar-refractivity contribution in [1.29, 1.82) is 0 Å². The van der Waals surface area contributed by atoms with Crippen molar-refractivity contribution in [3.8, 4) is 0 Å². The second kappa shape index (κ2) is 5.22. The Hall–Kier alpha value is -1.58. The fourth-order valence-electron chi connectivity index (χ4n) is 1.09. The average molecular weight is 189 g/mol. The fraction of sp³-hybridized carbons (Fsp3) is 0.200. The first-order chi connectivity index (χ1) is 6.74. The lowest BCUT2D eigenvalue weighted by Crippen LogP contribution is -1.86. The zero-order chi connectivity index (χ0) is 10.4. The average Bonchev–Trinajstić information content (AvgIpc) is 2.19. The monoisotopic (exact) mass is 189 g/mol. The summed E-state index contributed by atoms with van der Waals surface area (Å²) in [5, 5.41) is 10.4. The van der Waals surface area contributed by atoms with Gasteiger partial charge in [-0.05, 0) is 24.1 Å². The molecular weight excluding hydrogens is 177 g/mol. The SMILES string of the molecule is BCC/C=C/c1ccc([N+](=O)[O-])cc1. The van der Waals surface area contributed by atoms with Crippen LogP contribution in [0.25, 0.3) is 6.08 Å². The van der Waals surface area contributed by atoms with E-state index in [9.17, 15) is 10.1 Å². The van der Waals surface area contributed by atoms with Gasteiger partial charge in [0.2, 0.25) is 0 Å². The van der Waals surface area contributed by atoms with Gasteiger partial charge in [0, 0.05) is 12.1 Å². The molecule has 0 atom stereocenters. The van der Waals surface area contributed by atoms with Crippen molar-refractivity contribution in [2.75, 3.05) is 0 Å². The van der Waals surface area contributed by atoms with E-state index >= 15 is 0 Å². The number of benzene rings is 1. The van der Waals surface area contributed by atoms with Crippen molar-refractivity contribution in [1.82, 2.24) is 0 Å². The van der Waals surface area contributed by atoms with Crippen LogP contribution in [-0.2, 0) is 0 Å². The Morgan fingerprint density at radius 2 is 2.00 bits per heavy atom. The summed E-state index contributed by atoms with van der Waals surface area (Å²) < 4.78 is 0. The minimum atomic E-state index is -0.389. The summed E-state index contributed by atoms with van der Waals surface area (Å²) >= 11 is 0. The van der Waals surface area contributed by atoms with Gasteiger partial charge in [0.15, 0.2) is 0 Å². The van der Waals surface area contributed by atoms with Gasteiger partial charge in [0.25, 0.3) is 5.69 Å². The van der Waals surface area contributed by atoms with Gasteiger partial charge in [-0.25, -0.2) is 0 Å². The molecule has 0 spiro atoms. The second-order valence-electron chi connectivity index (χ2n) is 3.04. The lowest BCUT2D eigenvalue weighted by atomic mass is 10.0. The van der Waals surface area contributed by atoms with E-state index in [1.807, 2.05) is 6.08 Å². The third-order valence-electron chi connectivity index (χ3n) is 1.87. The molecule has 0 aromatic heterocycles. The van der Waals surface area contributed by atoms with E-state index in [1.165, 1.54) is 12.1 Å². The standard InChI is InChI=1S/C10H12BNO2/c11-8-2-1-3-9-4-6-10(7-5-9)12(13)14/h1,3-7H,2,8,11H2/b3-1+.